The third-order valence-corrected chi connectivity index (χ3v) is 3.95. The molecule has 0 aliphatic heterocycles. The molecule has 1 aromatic carbocycles. The minimum atomic E-state index is -0.368. The highest BCUT2D eigenvalue weighted by Crippen LogP contribution is 2.30. The van der Waals surface area contributed by atoms with E-state index in [1.165, 1.54) is 12.1 Å². The van der Waals surface area contributed by atoms with E-state index in [4.69, 9.17) is 9.47 Å². The topological polar surface area (TPSA) is 93.3 Å². The van der Waals surface area contributed by atoms with E-state index >= 15 is 0 Å². The van der Waals surface area contributed by atoms with Crippen LogP contribution in [0.4, 0.5) is 0 Å². The van der Waals surface area contributed by atoms with Crippen LogP contribution in [0, 0.1) is 0 Å². The van der Waals surface area contributed by atoms with Crippen LogP contribution in [-0.4, -0.2) is 29.8 Å². The second-order valence-corrected chi connectivity index (χ2v) is 5.97. The molecule has 1 aromatic heterocycles. The lowest BCUT2D eigenvalue weighted by Gasteiger charge is -2.17. The van der Waals surface area contributed by atoms with Crippen LogP contribution >= 0.6 is 0 Å². The molecule has 0 bridgehead atoms. The first-order chi connectivity index (χ1) is 12.5. The zero-order valence-corrected chi connectivity index (χ0v) is 15.4. The van der Waals surface area contributed by atoms with E-state index in [9.17, 15) is 9.59 Å². The number of aromatic amines is 1. The van der Waals surface area contributed by atoms with Crippen LogP contribution < -0.4 is 20.3 Å². The molecule has 0 aliphatic rings. The van der Waals surface area contributed by atoms with Crippen molar-refractivity contribution in [3.05, 3.63) is 51.9 Å². The van der Waals surface area contributed by atoms with E-state index < -0.39 is 0 Å². The molecule has 1 amide bonds. The SMILES string of the molecule is CCCCCOc1ccc(C(C)NC(=O)c2ccc(=O)[nH]n2)cc1OC. The summed E-state index contributed by atoms with van der Waals surface area (Å²) in [6.07, 6.45) is 3.27. The van der Waals surface area contributed by atoms with Gasteiger partial charge in [0.2, 0.25) is 0 Å². The number of H-pyrrole nitrogens is 1. The van der Waals surface area contributed by atoms with Gasteiger partial charge in [0, 0.05) is 6.07 Å². The summed E-state index contributed by atoms with van der Waals surface area (Å²) in [6, 6.07) is 7.97. The van der Waals surface area contributed by atoms with Gasteiger partial charge in [-0.15, -0.1) is 0 Å². The fraction of sp³-hybridized carbons (Fsp3) is 0.421. The minimum absolute atomic E-state index is 0.152. The first-order valence-corrected chi connectivity index (χ1v) is 8.72. The molecule has 0 spiro atoms. The first kappa shape index (κ1) is 19.5. The van der Waals surface area contributed by atoms with Gasteiger partial charge in [-0.2, -0.15) is 5.10 Å². The van der Waals surface area contributed by atoms with E-state index in [1.54, 1.807) is 7.11 Å². The Morgan fingerprint density at radius 1 is 1.23 bits per heavy atom. The van der Waals surface area contributed by atoms with Gasteiger partial charge in [-0.1, -0.05) is 25.8 Å². The summed E-state index contributed by atoms with van der Waals surface area (Å²) in [5.41, 5.74) is 0.675. The van der Waals surface area contributed by atoms with Crippen LogP contribution in [0.15, 0.2) is 35.1 Å². The van der Waals surface area contributed by atoms with Crippen LogP contribution in [-0.2, 0) is 0 Å². The van der Waals surface area contributed by atoms with Crippen LogP contribution in [0.2, 0.25) is 0 Å². The quantitative estimate of drug-likeness (QED) is 0.672. The van der Waals surface area contributed by atoms with Crippen molar-refractivity contribution in [1.29, 1.82) is 0 Å². The Balaban J connectivity index is 2.03. The Morgan fingerprint density at radius 2 is 2.04 bits per heavy atom. The molecule has 1 heterocycles. The summed E-state index contributed by atoms with van der Waals surface area (Å²) in [6.45, 7) is 4.65. The van der Waals surface area contributed by atoms with Crippen LogP contribution in [0.3, 0.4) is 0 Å². The normalized spacial score (nSPS) is 11.7. The highest BCUT2D eigenvalue weighted by atomic mass is 16.5. The molecule has 0 fully saturated rings. The van der Waals surface area contributed by atoms with Gasteiger partial charge in [0.1, 0.15) is 5.69 Å². The Labute approximate surface area is 152 Å². The van der Waals surface area contributed by atoms with Gasteiger partial charge in [-0.05, 0) is 37.1 Å². The van der Waals surface area contributed by atoms with Gasteiger partial charge in [0.15, 0.2) is 11.5 Å². The first-order valence-electron chi connectivity index (χ1n) is 8.72. The largest absolute Gasteiger partial charge is 0.493 e. The Hall–Kier alpha value is -2.83. The highest BCUT2D eigenvalue weighted by Gasteiger charge is 2.15. The average Bonchev–Trinajstić information content (AvgIpc) is 2.65. The highest BCUT2D eigenvalue weighted by molar-refractivity contribution is 5.92. The van der Waals surface area contributed by atoms with Crippen molar-refractivity contribution in [2.24, 2.45) is 0 Å². The molecule has 2 rings (SSSR count). The van der Waals surface area contributed by atoms with Crippen molar-refractivity contribution in [2.75, 3.05) is 13.7 Å². The van der Waals surface area contributed by atoms with Crippen molar-refractivity contribution in [1.82, 2.24) is 15.5 Å². The lowest BCUT2D eigenvalue weighted by molar-refractivity contribution is 0.0933. The van der Waals surface area contributed by atoms with E-state index in [2.05, 4.69) is 22.4 Å². The smallest absolute Gasteiger partial charge is 0.272 e. The van der Waals surface area contributed by atoms with Gasteiger partial charge in [0.25, 0.3) is 11.5 Å². The summed E-state index contributed by atoms with van der Waals surface area (Å²) >= 11 is 0. The summed E-state index contributed by atoms with van der Waals surface area (Å²) in [4.78, 5) is 23.2. The number of carbonyl (C=O) groups excluding carboxylic acids is 1. The average molecular weight is 359 g/mol. The molecule has 0 saturated carbocycles. The number of methoxy groups -OCH3 is 1. The summed E-state index contributed by atoms with van der Waals surface area (Å²) in [5, 5.41) is 8.82. The molecule has 1 unspecified atom stereocenters. The van der Waals surface area contributed by atoms with E-state index in [0.717, 1.165) is 24.8 Å². The number of hydrogen-bond acceptors (Lipinski definition) is 5. The molecular weight excluding hydrogens is 334 g/mol. The lowest BCUT2D eigenvalue weighted by atomic mass is 10.1. The van der Waals surface area contributed by atoms with Crippen molar-refractivity contribution < 1.29 is 14.3 Å². The number of amides is 1. The number of rotatable bonds is 9. The number of hydrogen-bond donors (Lipinski definition) is 2. The maximum absolute atomic E-state index is 12.2. The number of nitrogens with zero attached hydrogens (tertiary/aromatic N) is 1. The van der Waals surface area contributed by atoms with Gasteiger partial charge in [-0.3, -0.25) is 9.59 Å². The number of nitrogens with one attached hydrogen (secondary N) is 2. The monoisotopic (exact) mass is 359 g/mol. The molecule has 1 atom stereocenters. The van der Waals surface area contributed by atoms with Crippen molar-refractivity contribution >= 4 is 5.91 Å². The molecule has 140 valence electrons. The van der Waals surface area contributed by atoms with E-state index in [1.807, 2.05) is 25.1 Å². The Morgan fingerprint density at radius 3 is 2.69 bits per heavy atom. The maximum Gasteiger partial charge on any atom is 0.272 e. The predicted molar refractivity (Wildman–Crippen MR) is 98.8 cm³/mol. The van der Waals surface area contributed by atoms with Gasteiger partial charge < -0.3 is 14.8 Å². The van der Waals surface area contributed by atoms with E-state index in [0.29, 0.717) is 18.1 Å². The zero-order chi connectivity index (χ0) is 18.9. The molecule has 0 aliphatic carbocycles. The van der Waals surface area contributed by atoms with Crippen molar-refractivity contribution in [3.8, 4) is 11.5 Å². The molecule has 0 radical (unpaired) electrons. The third kappa shape index (κ3) is 5.34. The fourth-order valence-electron chi connectivity index (χ4n) is 2.43. The molecule has 2 N–H and O–H groups in total. The third-order valence-electron chi connectivity index (χ3n) is 3.95. The summed E-state index contributed by atoms with van der Waals surface area (Å²) in [5.74, 6) is 0.947. The molecule has 7 nitrogen and oxygen atoms in total. The fourth-order valence-corrected chi connectivity index (χ4v) is 2.43. The molecule has 7 heteroatoms. The van der Waals surface area contributed by atoms with Gasteiger partial charge in [-0.25, -0.2) is 5.10 Å². The number of benzene rings is 1. The zero-order valence-electron chi connectivity index (χ0n) is 15.4. The van der Waals surface area contributed by atoms with Crippen LogP contribution in [0.5, 0.6) is 11.5 Å². The van der Waals surface area contributed by atoms with Crippen LogP contribution in [0.1, 0.15) is 55.2 Å². The number of unbranched alkanes of at least 4 members (excludes halogenated alkanes) is 2. The van der Waals surface area contributed by atoms with Crippen molar-refractivity contribution in [3.63, 3.8) is 0 Å². The predicted octanol–water partition coefficient (Wildman–Crippen LogP) is 2.84. The summed E-state index contributed by atoms with van der Waals surface area (Å²) < 4.78 is 11.2. The minimum Gasteiger partial charge on any atom is -0.493 e. The van der Waals surface area contributed by atoms with Gasteiger partial charge >= 0.3 is 0 Å². The molecular formula is C19H25N3O4. The van der Waals surface area contributed by atoms with E-state index in [-0.39, 0.29) is 23.2 Å². The number of carbonyl (C=O) groups is 1. The summed E-state index contributed by atoms with van der Waals surface area (Å²) in [7, 11) is 1.59. The second kappa shape index (κ2) is 9.60. The molecule has 0 saturated heterocycles. The number of ether oxygens (including phenoxy) is 2. The van der Waals surface area contributed by atoms with Crippen molar-refractivity contribution in [2.45, 2.75) is 39.2 Å². The Kier molecular flexibility index (Phi) is 7.20. The maximum atomic E-state index is 12.2. The lowest BCUT2D eigenvalue weighted by Crippen LogP contribution is -2.28. The second-order valence-electron chi connectivity index (χ2n) is 5.97. The Bertz CT molecular complexity index is 768. The van der Waals surface area contributed by atoms with Crippen LogP contribution in [0.25, 0.3) is 0 Å². The standard InChI is InChI=1S/C19H25N3O4/c1-4-5-6-11-26-16-9-7-14(12-17(16)25-3)13(2)20-19(24)15-8-10-18(23)22-21-15/h7-10,12-13H,4-6,11H2,1-3H3,(H,20,24)(H,22,23). The number of aromatic nitrogens is 2. The van der Waals surface area contributed by atoms with Gasteiger partial charge in [0.05, 0.1) is 19.8 Å². The molecule has 26 heavy (non-hydrogen) atoms. The molecule has 2 aromatic rings.